The predicted octanol–water partition coefficient (Wildman–Crippen LogP) is 4.25. The first kappa shape index (κ1) is 25.0. The number of thiocarbonyl (C=S) groups is 1. The number of nitrogens with one attached hydrogen (secondary N) is 4. The summed E-state index contributed by atoms with van der Waals surface area (Å²) in [5.74, 6) is 0.485. The monoisotopic (exact) mass is 498 g/mol. The molecule has 0 saturated carbocycles. The summed E-state index contributed by atoms with van der Waals surface area (Å²) < 4.78 is 33.0. The van der Waals surface area contributed by atoms with Crippen LogP contribution in [0.4, 0.5) is 11.4 Å². The lowest BCUT2D eigenvalue weighted by molar-refractivity contribution is 0.0944. The number of methoxy groups -OCH3 is 1. The number of sulfonamides is 1. The van der Waals surface area contributed by atoms with Crippen molar-refractivity contribution in [3.05, 3.63) is 83.9 Å². The molecule has 0 aliphatic rings. The summed E-state index contributed by atoms with van der Waals surface area (Å²) in [6, 6.07) is 19.9. The average molecular weight is 499 g/mol. The highest BCUT2D eigenvalue weighted by molar-refractivity contribution is 7.92. The number of hydrogen-bond donors (Lipinski definition) is 4. The van der Waals surface area contributed by atoms with E-state index in [4.69, 9.17) is 17.0 Å². The first-order valence-corrected chi connectivity index (χ1v) is 12.3. The van der Waals surface area contributed by atoms with Gasteiger partial charge in [0.15, 0.2) is 5.11 Å². The van der Waals surface area contributed by atoms with Crippen LogP contribution in [0.2, 0.25) is 0 Å². The highest BCUT2D eigenvalue weighted by Crippen LogP contribution is 2.20. The van der Waals surface area contributed by atoms with Gasteiger partial charge in [-0.2, -0.15) is 0 Å². The summed E-state index contributed by atoms with van der Waals surface area (Å²) >= 11 is 5.21. The molecule has 0 atom stereocenters. The Labute approximate surface area is 204 Å². The van der Waals surface area contributed by atoms with Crippen LogP contribution in [0, 0.1) is 0 Å². The number of hydrogen-bond acceptors (Lipinski definition) is 5. The van der Waals surface area contributed by atoms with Crippen LogP contribution in [0.15, 0.2) is 77.7 Å². The molecule has 3 rings (SSSR count). The van der Waals surface area contributed by atoms with Crippen LogP contribution in [0.1, 0.15) is 35.7 Å². The van der Waals surface area contributed by atoms with Crippen molar-refractivity contribution < 1.29 is 17.9 Å². The minimum atomic E-state index is -3.90. The van der Waals surface area contributed by atoms with Crippen LogP contribution < -0.4 is 25.6 Å². The van der Waals surface area contributed by atoms with E-state index in [1.54, 1.807) is 24.3 Å². The van der Waals surface area contributed by atoms with E-state index in [1.807, 2.05) is 24.3 Å². The fourth-order valence-electron chi connectivity index (χ4n) is 2.98. The summed E-state index contributed by atoms with van der Waals surface area (Å²) in [4.78, 5) is 12.5. The SMILES string of the molecule is COc1ccc(NS(=O)(=O)c2cccc(C(=O)NNC(=S)Nc3ccc(C(C)C)cc3)c2)cc1. The minimum Gasteiger partial charge on any atom is -0.497 e. The second kappa shape index (κ2) is 11.0. The molecule has 3 aromatic carbocycles. The van der Waals surface area contributed by atoms with Crippen LogP contribution in [-0.4, -0.2) is 26.5 Å². The molecule has 0 fully saturated rings. The molecule has 0 saturated heterocycles. The third-order valence-corrected chi connectivity index (χ3v) is 6.46. The van der Waals surface area contributed by atoms with Gasteiger partial charge in [-0.05, 0) is 78.3 Å². The van der Waals surface area contributed by atoms with Gasteiger partial charge >= 0.3 is 0 Å². The molecule has 178 valence electrons. The Hall–Kier alpha value is -3.63. The zero-order valence-electron chi connectivity index (χ0n) is 19.0. The Morgan fingerprint density at radius 3 is 2.18 bits per heavy atom. The Bertz CT molecular complexity index is 1260. The zero-order chi connectivity index (χ0) is 24.7. The van der Waals surface area contributed by atoms with Crippen molar-refractivity contribution in [1.82, 2.24) is 10.9 Å². The smallest absolute Gasteiger partial charge is 0.269 e. The lowest BCUT2D eigenvalue weighted by atomic mass is 10.0. The molecule has 4 N–H and O–H groups in total. The lowest BCUT2D eigenvalue weighted by Crippen LogP contribution is -2.43. The topological polar surface area (TPSA) is 109 Å². The van der Waals surface area contributed by atoms with Gasteiger partial charge in [-0.15, -0.1) is 0 Å². The van der Waals surface area contributed by atoms with Gasteiger partial charge in [-0.1, -0.05) is 32.0 Å². The normalized spacial score (nSPS) is 10.9. The molecule has 34 heavy (non-hydrogen) atoms. The van der Waals surface area contributed by atoms with E-state index in [1.165, 1.54) is 36.9 Å². The molecular weight excluding hydrogens is 472 g/mol. The first-order chi connectivity index (χ1) is 16.2. The molecule has 0 heterocycles. The minimum absolute atomic E-state index is 0.0538. The zero-order valence-corrected chi connectivity index (χ0v) is 20.6. The van der Waals surface area contributed by atoms with Gasteiger partial charge in [-0.25, -0.2) is 8.42 Å². The number of benzene rings is 3. The van der Waals surface area contributed by atoms with Gasteiger partial charge in [0.05, 0.1) is 12.0 Å². The molecule has 0 aromatic heterocycles. The Kier molecular flexibility index (Phi) is 8.08. The standard InChI is InChI=1S/C24H26N4O4S2/c1-16(2)17-7-9-19(10-8-17)25-24(33)27-26-23(29)18-5-4-6-22(15-18)34(30,31)28-20-11-13-21(32-3)14-12-20/h4-16,28H,1-3H3,(H,26,29)(H2,25,27,33). The maximum Gasteiger partial charge on any atom is 0.269 e. The number of carbonyl (C=O) groups is 1. The Balaban J connectivity index is 1.60. The van der Waals surface area contributed by atoms with Crippen molar-refractivity contribution in [2.75, 3.05) is 17.1 Å². The Morgan fingerprint density at radius 1 is 0.912 bits per heavy atom. The van der Waals surface area contributed by atoms with Crippen molar-refractivity contribution in [3.63, 3.8) is 0 Å². The van der Waals surface area contributed by atoms with E-state index in [0.29, 0.717) is 17.4 Å². The summed E-state index contributed by atoms with van der Waals surface area (Å²) in [7, 11) is -2.37. The predicted molar refractivity (Wildman–Crippen MR) is 138 cm³/mol. The first-order valence-electron chi connectivity index (χ1n) is 10.4. The quantitative estimate of drug-likeness (QED) is 0.285. The highest BCUT2D eigenvalue weighted by Gasteiger charge is 2.17. The number of ether oxygens (including phenoxy) is 1. The summed E-state index contributed by atoms with van der Waals surface area (Å²) in [6.07, 6.45) is 0. The van der Waals surface area contributed by atoms with Crippen LogP contribution in [0.5, 0.6) is 5.75 Å². The summed E-state index contributed by atoms with van der Waals surface area (Å²) in [5, 5.41) is 3.17. The third kappa shape index (κ3) is 6.69. The largest absolute Gasteiger partial charge is 0.497 e. The van der Waals surface area contributed by atoms with Gasteiger partial charge in [0, 0.05) is 16.9 Å². The van der Waals surface area contributed by atoms with E-state index in [2.05, 4.69) is 34.7 Å². The molecule has 0 radical (unpaired) electrons. The van der Waals surface area contributed by atoms with Crippen LogP contribution in [0.3, 0.4) is 0 Å². The van der Waals surface area contributed by atoms with Crippen molar-refractivity contribution in [2.24, 2.45) is 0 Å². The van der Waals surface area contributed by atoms with Crippen molar-refractivity contribution >= 4 is 44.6 Å². The number of hydrazine groups is 1. The number of carbonyl (C=O) groups excluding carboxylic acids is 1. The molecular formula is C24H26N4O4S2. The second-order valence-electron chi connectivity index (χ2n) is 7.67. The number of rotatable bonds is 7. The van der Waals surface area contributed by atoms with E-state index >= 15 is 0 Å². The summed E-state index contributed by atoms with van der Waals surface area (Å²) in [6.45, 7) is 4.22. The van der Waals surface area contributed by atoms with Crippen LogP contribution in [0.25, 0.3) is 0 Å². The molecule has 0 aliphatic carbocycles. The molecule has 0 bridgehead atoms. The average Bonchev–Trinajstić information content (AvgIpc) is 2.83. The Morgan fingerprint density at radius 2 is 1.56 bits per heavy atom. The maximum absolute atomic E-state index is 12.7. The van der Waals surface area contributed by atoms with Crippen molar-refractivity contribution in [2.45, 2.75) is 24.7 Å². The van der Waals surface area contributed by atoms with Crippen LogP contribution in [-0.2, 0) is 10.0 Å². The fraction of sp³-hybridized carbons (Fsp3) is 0.167. The van der Waals surface area contributed by atoms with E-state index in [-0.39, 0.29) is 15.6 Å². The number of anilines is 2. The van der Waals surface area contributed by atoms with Gasteiger partial charge < -0.3 is 10.1 Å². The van der Waals surface area contributed by atoms with Gasteiger partial charge in [0.25, 0.3) is 15.9 Å². The molecule has 0 unspecified atom stereocenters. The number of amides is 1. The van der Waals surface area contributed by atoms with Gasteiger partial charge in [0.2, 0.25) is 0 Å². The third-order valence-electron chi connectivity index (χ3n) is 4.87. The maximum atomic E-state index is 12.7. The van der Waals surface area contributed by atoms with Gasteiger partial charge in [-0.3, -0.25) is 20.4 Å². The van der Waals surface area contributed by atoms with Gasteiger partial charge in [0.1, 0.15) is 5.75 Å². The molecule has 1 amide bonds. The molecule has 8 nitrogen and oxygen atoms in total. The van der Waals surface area contributed by atoms with E-state index in [9.17, 15) is 13.2 Å². The lowest BCUT2D eigenvalue weighted by Gasteiger charge is -2.13. The molecule has 10 heteroatoms. The van der Waals surface area contributed by atoms with Crippen LogP contribution >= 0.6 is 12.2 Å². The van der Waals surface area contributed by atoms with Crippen molar-refractivity contribution in [1.29, 1.82) is 0 Å². The highest BCUT2D eigenvalue weighted by atomic mass is 32.2. The van der Waals surface area contributed by atoms with E-state index < -0.39 is 15.9 Å². The van der Waals surface area contributed by atoms with E-state index in [0.717, 1.165) is 5.69 Å². The molecule has 0 aliphatic heterocycles. The van der Waals surface area contributed by atoms with Crippen molar-refractivity contribution in [3.8, 4) is 5.75 Å². The fourth-order valence-corrected chi connectivity index (χ4v) is 4.25. The molecule has 0 spiro atoms. The molecule has 3 aromatic rings. The second-order valence-corrected chi connectivity index (χ2v) is 9.76. The summed E-state index contributed by atoms with van der Waals surface area (Å²) in [5.41, 5.74) is 7.58.